The van der Waals surface area contributed by atoms with Gasteiger partial charge in [-0.2, -0.15) is 0 Å². The molecule has 0 saturated carbocycles. The molecule has 0 spiro atoms. The minimum atomic E-state index is -0.450. The molecule has 1 unspecified atom stereocenters. The first-order valence-electron chi connectivity index (χ1n) is 5.97. The van der Waals surface area contributed by atoms with Crippen LogP contribution in [0.3, 0.4) is 0 Å². The van der Waals surface area contributed by atoms with Crippen LogP contribution in [0, 0.1) is 0 Å². The van der Waals surface area contributed by atoms with Gasteiger partial charge in [-0.05, 0) is 32.0 Å². The number of halogens is 1. The maximum absolute atomic E-state index is 10.3. The molecule has 1 aliphatic rings. The molecular weight excluding hydrogens is 296 g/mol. The van der Waals surface area contributed by atoms with Gasteiger partial charge in [0.25, 0.3) is 6.17 Å². The third-order valence-electron chi connectivity index (χ3n) is 3.50. The first kappa shape index (κ1) is 13.5. The number of nitrogens with zero attached hydrogens (tertiary/aromatic N) is 1. The molecule has 0 fully saturated rings. The molecule has 0 aromatic heterocycles. The lowest BCUT2D eigenvalue weighted by molar-refractivity contribution is -0.549. The normalized spacial score (nSPS) is 23.2. The Labute approximate surface area is 115 Å². The zero-order valence-electron chi connectivity index (χ0n) is 10.7. The summed E-state index contributed by atoms with van der Waals surface area (Å²) in [5, 5.41) is 21.5. The van der Waals surface area contributed by atoms with Gasteiger partial charge >= 0.3 is 0 Å². The number of rotatable bonds is 2. The highest BCUT2D eigenvalue weighted by atomic mass is 79.9. The second kappa shape index (κ2) is 4.64. The maximum Gasteiger partial charge on any atom is 0.259 e. The number of benzene rings is 1. The summed E-state index contributed by atoms with van der Waals surface area (Å²) in [5.74, 6) is 0.169. The number of hydrogen-bond donors (Lipinski definition) is 3. The SMILES string of the molecule is CCC1=[NH+]C(c2cc(Br)ccc2O)N(O)C1(C)C. The second-order valence-electron chi connectivity index (χ2n) is 4.99. The van der Waals surface area contributed by atoms with Crippen molar-refractivity contribution in [1.82, 2.24) is 5.06 Å². The van der Waals surface area contributed by atoms with Crippen molar-refractivity contribution in [2.75, 3.05) is 0 Å². The van der Waals surface area contributed by atoms with E-state index >= 15 is 0 Å². The molecule has 0 aliphatic carbocycles. The van der Waals surface area contributed by atoms with Crippen molar-refractivity contribution in [2.24, 2.45) is 0 Å². The van der Waals surface area contributed by atoms with E-state index in [1.54, 1.807) is 12.1 Å². The minimum Gasteiger partial charge on any atom is -0.507 e. The van der Waals surface area contributed by atoms with E-state index in [2.05, 4.69) is 20.9 Å². The topological polar surface area (TPSA) is 57.7 Å². The quantitative estimate of drug-likeness (QED) is 0.777. The fraction of sp³-hybridized carbons (Fsp3) is 0.462. The van der Waals surface area contributed by atoms with Crippen molar-refractivity contribution in [1.29, 1.82) is 0 Å². The Balaban J connectivity index is 2.46. The van der Waals surface area contributed by atoms with Gasteiger partial charge in [0.1, 0.15) is 11.3 Å². The third-order valence-corrected chi connectivity index (χ3v) is 4.00. The predicted octanol–water partition coefficient (Wildman–Crippen LogP) is 1.57. The summed E-state index contributed by atoms with van der Waals surface area (Å²) in [6.07, 6.45) is 0.405. The van der Waals surface area contributed by atoms with Crippen LogP contribution in [0.4, 0.5) is 0 Å². The Bertz CT molecular complexity index is 500. The van der Waals surface area contributed by atoms with Crippen molar-refractivity contribution in [3.05, 3.63) is 28.2 Å². The zero-order chi connectivity index (χ0) is 13.5. The molecule has 98 valence electrons. The van der Waals surface area contributed by atoms with E-state index in [0.29, 0.717) is 5.56 Å². The Morgan fingerprint density at radius 3 is 2.67 bits per heavy atom. The maximum atomic E-state index is 10.3. The molecule has 1 aromatic carbocycles. The molecular formula is C13H18BrN2O2+. The fourth-order valence-electron chi connectivity index (χ4n) is 2.35. The third kappa shape index (κ3) is 2.06. The lowest BCUT2D eigenvalue weighted by Crippen LogP contribution is -2.72. The van der Waals surface area contributed by atoms with Crippen LogP contribution in [0.25, 0.3) is 0 Å². The summed E-state index contributed by atoms with van der Waals surface area (Å²) in [5.41, 5.74) is 1.26. The van der Waals surface area contributed by atoms with E-state index in [1.165, 1.54) is 5.06 Å². The van der Waals surface area contributed by atoms with Crippen LogP contribution in [-0.2, 0) is 0 Å². The molecule has 1 heterocycles. The fourth-order valence-corrected chi connectivity index (χ4v) is 2.73. The summed E-state index contributed by atoms with van der Waals surface area (Å²) < 4.78 is 0.869. The van der Waals surface area contributed by atoms with E-state index in [9.17, 15) is 10.3 Å². The van der Waals surface area contributed by atoms with Gasteiger partial charge in [0.15, 0.2) is 5.71 Å². The van der Waals surface area contributed by atoms with Gasteiger partial charge in [-0.3, -0.25) is 0 Å². The van der Waals surface area contributed by atoms with Gasteiger partial charge in [-0.25, -0.2) is 4.99 Å². The summed E-state index contributed by atoms with van der Waals surface area (Å²) in [6, 6.07) is 5.20. The van der Waals surface area contributed by atoms with Gasteiger partial charge in [-0.1, -0.05) is 22.9 Å². The summed E-state index contributed by atoms with van der Waals surface area (Å²) in [6.45, 7) is 5.95. The van der Waals surface area contributed by atoms with Gasteiger partial charge in [0, 0.05) is 10.9 Å². The molecule has 0 saturated heterocycles. The van der Waals surface area contributed by atoms with E-state index in [1.807, 2.05) is 26.8 Å². The molecule has 0 amide bonds. The van der Waals surface area contributed by atoms with Crippen LogP contribution in [0.2, 0.25) is 0 Å². The van der Waals surface area contributed by atoms with E-state index < -0.39 is 11.7 Å². The molecule has 5 heteroatoms. The van der Waals surface area contributed by atoms with Crippen LogP contribution in [-0.4, -0.2) is 26.6 Å². The van der Waals surface area contributed by atoms with Gasteiger partial charge < -0.3 is 10.3 Å². The zero-order valence-corrected chi connectivity index (χ0v) is 12.3. The number of aromatic hydroxyl groups is 1. The van der Waals surface area contributed by atoms with Gasteiger partial charge in [-0.15, -0.1) is 5.06 Å². The number of hydroxylamine groups is 2. The van der Waals surface area contributed by atoms with Crippen molar-refractivity contribution < 1.29 is 15.3 Å². The number of phenolic OH excluding ortho intramolecular Hbond substituents is 1. The van der Waals surface area contributed by atoms with Crippen LogP contribution >= 0.6 is 15.9 Å². The van der Waals surface area contributed by atoms with Gasteiger partial charge in [0.2, 0.25) is 0 Å². The first-order valence-corrected chi connectivity index (χ1v) is 6.76. The lowest BCUT2D eigenvalue weighted by Gasteiger charge is -2.25. The number of nitrogens with one attached hydrogen (secondary N) is 1. The van der Waals surface area contributed by atoms with Crippen molar-refractivity contribution >= 4 is 21.6 Å². The molecule has 1 aromatic rings. The molecule has 0 radical (unpaired) electrons. The minimum absolute atomic E-state index is 0.169. The van der Waals surface area contributed by atoms with Crippen molar-refractivity contribution in [3.8, 4) is 5.75 Å². The smallest absolute Gasteiger partial charge is 0.259 e. The predicted molar refractivity (Wildman–Crippen MR) is 72.5 cm³/mol. The average molecular weight is 314 g/mol. The molecule has 2 rings (SSSR count). The molecule has 4 nitrogen and oxygen atoms in total. The summed E-state index contributed by atoms with van der Waals surface area (Å²) >= 11 is 3.38. The Hall–Kier alpha value is -0.910. The first-order chi connectivity index (χ1) is 8.37. The van der Waals surface area contributed by atoms with E-state index in [-0.39, 0.29) is 5.75 Å². The Morgan fingerprint density at radius 2 is 2.11 bits per heavy atom. The Morgan fingerprint density at radius 1 is 1.44 bits per heavy atom. The molecule has 18 heavy (non-hydrogen) atoms. The molecule has 3 N–H and O–H groups in total. The number of phenols is 1. The molecule has 1 atom stereocenters. The summed E-state index contributed by atoms with van der Waals surface area (Å²) in [7, 11) is 0. The summed E-state index contributed by atoms with van der Waals surface area (Å²) in [4.78, 5) is 3.28. The largest absolute Gasteiger partial charge is 0.507 e. The van der Waals surface area contributed by atoms with Crippen molar-refractivity contribution in [3.63, 3.8) is 0 Å². The monoisotopic (exact) mass is 313 g/mol. The molecule has 1 aliphatic heterocycles. The highest BCUT2D eigenvalue weighted by Crippen LogP contribution is 2.32. The van der Waals surface area contributed by atoms with Crippen LogP contribution in [0.5, 0.6) is 5.75 Å². The highest BCUT2D eigenvalue weighted by Gasteiger charge is 2.48. The standard InChI is InChI=1S/C13H17BrN2O2/c1-4-11-13(2,3)16(18)12(15-11)9-7-8(14)5-6-10(9)17/h5-7,12,17-18H,4H2,1-3H3/p+1. The van der Waals surface area contributed by atoms with Crippen LogP contribution in [0.1, 0.15) is 38.9 Å². The lowest BCUT2D eigenvalue weighted by atomic mass is 9.97. The van der Waals surface area contributed by atoms with E-state index in [4.69, 9.17) is 0 Å². The van der Waals surface area contributed by atoms with Crippen LogP contribution < -0.4 is 4.99 Å². The van der Waals surface area contributed by atoms with Gasteiger partial charge in [0.05, 0.1) is 5.56 Å². The molecule has 0 bridgehead atoms. The van der Waals surface area contributed by atoms with Crippen molar-refractivity contribution in [2.45, 2.75) is 38.9 Å². The second-order valence-corrected chi connectivity index (χ2v) is 5.90. The van der Waals surface area contributed by atoms with Crippen LogP contribution in [0.15, 0.2) is 22.7 Å². The number of hydrogen-bond acceptors (Lipinski definition) is 3. The average Bonchev–Trinajstić information content (AvgIpc) is 2.54. The Kier molecular flexibility index (Phi) is 3.49. The highest BCUT2D eigenvalue weighted by molar-refractivity contribution is 9.10. The van der Waals surface area contributed by atoms with E-state index in [0.717, 1.165) is 16.6 Å².